The predicted octanol–water partition coefficient (Wildman–Crippen LogP) is 2.11. The Bertz CT molecular complexity index is 188. The molecule has 0 radical (unpaired) electrons. The van der Waals surface area contributed by atoms with Crippen LogP contribution in [0.5, 0.6) is 0 Å². The summed E-state index contributed by atoms with van der Waals surface area (Å²) in [6, 6.07) is -0.0738. The fourth-order valence-corrected chi connectivity index (χ4v) is 2.36. The van der Waals surface area contributed by atoms with E-state index in [2.05, 4.69) is 5.32 Å². The molecule has 0 aromatic heterocycles. The molecule has 1 fully saturated rings. The number of likely N-dealkylation sites (N-methyl/N-ethyl adjacent to an activating group) is 1. The first-order valence-corrected chi connectivity index (χ1v) is 6.19. The molecular formula is C12H23NO2. The van der Waals surface area contributed by atoms with Crippen molar-refractivity contribution in [2.24, 2.45) is 5.92 Å². The zero-order valence-electron chi connectivity index (χ0n) is 9.92. The summed E-state index contributed by atoms with van der Waals surface area (Å²) >= 11 is 0. The fraction of sp³-hybridized carbons (Fsp3) is 0.917. The third-order valence-electron chi connectivity index (χ3n) is 3.09. The lowest BCUT2D eigenvalue weighted by atomic mass is 9.84. The molecule has 3 heteroatoms. The molecule has 3 nitrogen and oxygen atoms in total. The van der Waals surface area contributed by atoms with Gasteiger partial charge < -0.3 is 10.1 Å². The van der Waals surface area contributed by atoms with E-state index in [1.807, 2.05) is 13.8 Å². The van der Waals surface area contributed by atoms with Crippen LogP contribution in [0.3, 0.4) is 0 Å². The number of carbonyl (C=O) groups is 1. The van der Waals surface area contributed by atoms with Crippen LogP contribution in [0.4, 0.5) is 0 Å². The Morgan fingerprint density at radius 3 is 2.53 bits per heavy atom. The number of hydrogen-bond acceptors (Lipinski definition) is 3. The van der Waals surface area contributed by atoms with Crippen molar-refractivity contribution in [3.63, 3.8) is 0 Å². The van der Waals surface area contributed by atoms with E-state index >= 15 is 0 Å². The number of esters is 1. The Balaban J connectivity index is 2.50. The molecule has 15 heavy (non-hydrogen) atoms. The van der Waals surface area contributed by atoms with Crippen molar-refractivity contribution in [2.75, 3.05) is 13.2 Å². The van der Waals surface area contributed by atoms with E-state index in [-0.39, 0.29) is 12.0 Å². The SMILES string of the molecule is CCNC(C(=O)OCC)C1CCCCC1. The lowest BCUT2D eigenvalue weighted by molar-refractivity contribution is -0.147. The van der Waals surface area contributed by atoms with Gasteiger partial charge in [0.15, 0.2) is 0 Å². The number of carbonyl (C=O) groups excluding carboxylic acids is 1. The molecule has 1 unspecified atom stereocenters. The van der Waals surface area contributed by atoms with Gasteiger partial charge in [-0.05, 0) is 32.2 Å². The van der Waals surface area contributed by atoms with Crippen LogP contribution in [-0.4, -0.2) is 25.2 Å². The summed E-state index contributed by atoms with van der Waals surface area (Å²) in [5.74, 6) is 0.420. The van der Waals surface area contributed by atoms with Gasteiger partial charge in [-0.25, -0.2) is 0 Å². The third-order valence-corrected chi connectivity index (χ3v) is 3.09. The molecule has 0 bridgehead atoms. The molecule has 1 aliphatic rings. The second-order valence-electron chi connectivity index (χ2n) is 4.19. The van der Waals surface area contributed by atoms with Crippen molar-refractivity contribution in [1.29, 1.82) is 0 Å². The van der Waals surface area contributed by atoms with Crippen molar-refractivity contribution in [1.82, 2.24) is 5.32 Å². The normalized spacial score (nSPS) is 19.9. The average Bonchev–Trinajstić information content (AvgIpc) is 2.27. The molecule has 1 saturated carbocycles. The summed E-state index contributed by atoms with van der Waals surface area (Å²) < 4.78 is 5.11. The molecule has 1 N–H and O–H groups in total. The molecule has 0 amide bonds. The monoisotopic (exact) mass is 213 g/mol. The van der Waals surface area contributed by atoms with E-state index in [1.165, 1.54) is 19.3 Å². The van der Waals surface area contributed by atoms with Gasteiger partial charge in [0, 0.05) is 0 Å². The second kappa shape index (κ2) is 6.83. The fourth-order valence-electron chi connectivity index (χ4n) is 2.36. The standard InChI is InChI=1S/C12H23NO2/c1-3-13-11(12(14)15-4-2)10-8-6-5-7-9-10/h10-11,13H,3-9H2,1-2H3. The van der Waals surface area contributed by atoms with E-state index in [0.29, 0.717) is 12.5 Å². The van der Waals surface area contributed by atoms with Crippen LogP contribution in [-0.2, 0) is 9.53 Å². The Morgan fingerprint density at radius 1 is 1.33 bits per heavy atom. The van der Waals surface area contributed by atoms with Crippen molar-refractivity contribution in [2.45, 2.75) is 52.0 Å². The molecule has 0 aliphatic heterocycles. The van der Waals surface area contributed by atoms with Crippen LogP contribution in [0.1, 0.15) is 46.0 Å². The molecular weight excluding hydrogens is 190 g/mol. The summed E-state index contributed by atoms with van der Waals surface area (Å²) in [5, 5.41) is 3.26. The first-order valence-electron chi connectivity index (χ1n) is 6.19. The predicted molar refractivity (Wildman–Crippen MR) is 60.7 cm³/mol. The molecule has 0 saturated heterocycles. The summed E-state index contributed by atoms with van der Waals surface area (Å²) in [6.45, 7) is 5.21. The lowest BCUT2D eigenvalue weighted by Crippen LogP contribution is -2.44. The Kier molecular flexibility index (Phi) is 5.69. The second-order valence-corrected chi connectivity index (χ2v) is 4.19. The third kappa shape index (κ3) is 3.82. The molecule has 0 aromatic carbocycles. The Hall–Kier alpha value is -0.570. The lowest BCUT2D eigenvalue weighted by Gasteiger charge is -2.29. The molecule has 0 aromatic rings. The number of ether oxygens (including phenoxy) is 1. The van der Waals surface area contributed by atoms with Gasteiger partial charge >= 0.3 is 5.97 Å². The minimum atomic E-state index is -0.0738. The van der Waals surface area contributed by atoms with E-state index in [4.69, 9.17) is 4.74 Å². The molecule has 0 heterocycles. The Morgan fingerprint density at radius 2 is 2.00 bits per heavy atom. The van der Waals surface area contributed by atoms with Crippen LogP contribution in [0.15, 0.2) is 0 Å². The Labute approximate surface area is 92.6 Å². The maximum absolute atomic E-state index is 11.7. The van der Waals surface area contributed by atoms with Crippen LogP contribution < -0.4 is 5.32 Å². The van der Waals surface area contributed by atoms with Crippen molar-refractivity contribution in [3.05, 3.63) is 0 Å². The van der Waals surface area contributed by atoms with Crippen molar-refractivity contribution >= 4 is 5.97 Å². The highest BCUT2D eigenvalue weighted by Gasteiger charge is 2.29. The van der Waals surface area contributed by atoms with Gasteiger partial charge in [-0.15, -0.1) is 0 Å². The van der Waals surface area contributed by atoms with Crippen molar-refractivity contribution in [3.8, 4) is 0 Å². The van der Waals surface area contributed by atoms with Gasteiger partial charge in [-0.1, -0.05) is 26.2 Å². The molecule has 0 spiro atoms. The zero-order chi connectivity index (χ0) is 11.1. The largest absolute Gasteiger partial charge is 0.465 e. The van der Waals surface area contributed by atoms with E-state index in [0.717, 1.165) is 19.4 Å². The topological polar surface area (TPSA) is 38.3 Å². The van der Waals surface area contributed by atoms with Crippen LogP contribution in [0.2, 0.25) is 0 Å². The van der Waals surface area contributed by atoms with Gasteiger partial charge in [0.05, 0.1) is 6.61 Å². The van der Waals surface area contributed by atoms with E-state index in [9.17, 15) is 4.79 Å². The van der Waals surface area contributed by atoms with Gasteiger partial charge in [0.25, 0.3) is 0 Å². The zero-order valence-corrected chi connectivity index (χ0v) is 9.92. The van der Waals surface area contributed by atoms with Gasteiger partial charge in [-0.2, -0.15) is 0 Å². The average molecular weight is 213 g/mol. The summed E-state index contributed by atoms with van der Waals surface area (Å²) in [6.07, 6.45) is 6.16. The van der Waals surface area contributed by atoms with Crippen LogP contribution in [0, 0.1) is 5.92 Å². The quantitative estimate of drug-likeness (QED) is 0.711. The minimum Gasteiger partial charge on any atom is -0.465 e. The maximum Gasteiger partial charge on any atom is 0.323 e. The maximum atomic E-state index is 11.7. The van der Waals surface area contributed by atoms with Gasteiger partial charge in [0.2, 0.25) is 0 Å². The van der Waals surface area contributed by atoms with Crippen LogP contribution >= 0.6 is 0 Å². The first-order chi connectivity index (χ1) is 7.29. The van der Waals surface area contributed by atoms with Gasteiger partial charge in [0.1, 0.15) is 6.04 Å². The summed E-state index contributed by atoms with van der Waals surface area (Å²) in [7, 11) is 0. The molecule has 1 atom stereocenters. The number of hydrogen-bond donors (Lipinski definition) is 1. The smallest absolute Gasteiger partial charge is 0.323 e. The van der Waals surface area contributed by atoms with Crippen molar-refractivity contribution < 1.29 is 9.53 Å². The summed E-state index contributed by atoms with van der Waals surface area (Å²) in [4.78, 5) is 11.7. The minimum absolute atomic E-state index is 0.0637. The van der Waals surface area contributed by atoms with E-state index in [1.54, 1.807) is 0 Å². The first kappa shape index (κ1) is 12.5. The highest BCUT2D eigenvalue weighted by Crippen LogP contribution is 2.26. The summed E-state index contributed by atoms with van der Waals surface area (Å²) in [5.41, 5.74) is 0. The molecule has 1 rings (SSSR count). The van der Waals surface area contributed by atoms with Crippen LogP contribution in [0.25, 0.3) is 0 Å². The number of nitrogens with one attached hydrogen (secondary N) is 1. The molecule has 88 valence electrons. The highest BCUT2D eigenvalue weighted by molar-refractivity contribution is 5.76. The number of rotatable bonds is 5. The van der Waals surface area contributed by atoms with E-state index < -0.39 is 0 Å². The van der Waals surface area contributed by atoms with Gasteiger partial charge in [-0.3, -0.25) is 4.79 Å². The molecule has 1 aliphatic carbocycles. The highest BCUT2D eigenvalue weighted by atomic mass is 16.5.